The van der Waals surface area contributed by atoms with Crippen LogP contribution in [0.2, 0.25) is 0 Å². The van der Waals surface area contributed by atoms with Gasteiger partial charge in [0.05, 0.1) is 12.5 Å². The molecule has 0 aliphatic carbocycles. The summed E-state index contributed by atoms with van der Waals surface area (Å²) in [6.07, 6.45) is 2.20. The lowest BCUT2D eigenvalue weighted by Gasteiger charge is -2.27. The summed E-state index contributed by atoms with van der Waals surface area (Å²) in [6.45, 7) is 3.05. The average Bonchev–Trinajstić information content (AvgIpc) is 2.40. The second-order valence-corrected chi connectivity index (χ2v) is 5.47. The fourth-order valence-corrected chi connectivity index (χ4v) is 2.44. The van der Waals surface area contributed by atoms with Crippen molar-refractivity contribution < 1.29 is 9.59 Å². The molecule has 108 valence electrons. The molecule has 5 nitrogen and oxygen atoms in total. The summed E-state index contributed by atoms with van der Waals surface area (Å²) < 4.78 is 0. The SMILES string of the molecule is CC1CCNC(C(=O)Nc2ccc(CC(N)=O)cc2)C1. The lowest BCUT2D eigenvalue weighted by Crippen LogP contribution is -2.45. The molecule has 20 heavy (non-hydrogen) atoms. The van der Waals surface area contributed by atoms with Gasteiger partial charge in [-0.15, -0.1) is 0 Å². The van der Waals surface area contributed by atoms with Crippen molar-refractivity contribution in [2.45, 2.75) is 32.2 Å². The maximum absolute atomic E-state index is 12.1. The molecular formula is C15H21N3O2. The van der Waals surface area contributed by atoms with Gasteiger partial charge in [-0.3, -0.25) is 9.59 Å². The molecule has 1 aliphatic rings. The van der Waals surface area contributed by atoms with Crippen LogP contribution in [0.3, 0.4) is 0 Å². The number of nitrogens with one attached hydrogen (secondary N) is 2. The first-order chi connectivity index (χ1) is 9.54. The first-order valence-electron chi connectivity index (χ1n) is 6.96. The van der Waals surface area contributed by atoms with Crippen LogP contribution in [0.15, 0.2) is 24.3 Å². The smallest absolute Gasteiger partial charge is 0.241 e. The average molecular weight is 275 g/mol. The Hall–Kier alpha value is -1.88. The van der Waals surface area contributed by atoms with E-state index in [4.69, 9.17) is 5.73 Å². The quantitative estimate of drug-likeness (QED) is 0.767. The summed E-state index contributed by atoms with van der Waals surface area (Å²) in [5, 5.41) is 6.13. The van der Waals surface area contributed by atoms with Crippen molar-refractivity contribution >= 4 is 17.5 Å². The van der Waals surface area contributed by atoms with Crippen molar-refractivity contribution in [3.05, 3.63) is 29.8 Å². The van der Waals surface area contributed by atoms with Crippen molar-refractivity contribution in [3.63, 3.8) is 0 Å². The van der Waals surface area contributed by atoms with Crippen LogP contribution in [0, 0.1) is 5.92 Å². The Balaban J connectivity index is 1.92. The molecule has 0 spiro atoms. The third-order valence-corrected chi connectivity index (χ3v) is 3.58. The summed E-state index contributed by atoms with van der Waals surface area (Å²) in [6, 6.07) is 7.07. The molecule has 2 rings (SSSR count). The molecule has 2 amide bonds. The van der Waals surface area contributed by atoms with E-state index in [2.05, 4.69) is 17.6 Å². The van der Waals surface area contributed by atoms with Gasteiger partial charge < -0.3 is 16.4 Å². The number of anilines is 1. The number of piperidine rings is 1. The Morgan fingerprint density at radius 3 is 2.65 bits per heavy atom. The maximum Gasteiger partial charge on any atom is 0.241 e. The molecule has 2 atom stereocenters. The lowest BCUT2D eigenvalue weighted by atomic mass is 9.94. The Morgan fingerprint density at radius 2 is 2.05 bits per heavy atom. The molecule has 1 fully saturated rings. The summed E-state index contributed by atoms with van der Waals surface area (Å²) in [4.78, 5) is 22.9. The van der Waals surface area contributed by atoms with Gasteiger partial charge in [-0.1, -0.05) is 19.1 Å². The largest absolute Gasteiger partial charge is 0.369 e. The Bertz CT molecular complexity index is 484. The zero-order valence-electron chi connectivity index (χ0n) is 11.7. The number of benzene rings is 1. The van der Waals surface area contributed by atoms with Crippen molar-refractivity contribution in [1.29, 1.82) is 0 Å². The molecule has 0 saturated carbocycles. The topological polar surface area (TPSA) is 84.2 Å². The van der Waals surface area contributed by atoms with Crippen molar-refractivity contribution in [1.82, 2.24) is 5.32 Å². The van der Waals surface area contributed by atoms with Gasteiger partial charge in [0.2, 0.25) is 11.8 Å². The highest BCUT2D eigenvalue weighted by molar-refractivity contribution is 5.95. The number of amides is 2. The van der Waals surface area contributed by atoms with E-state index in [1.165, 1.54) is 0 Å². The standard InChI is InChI=1S/C15H21N3O2/c1-10-6-7-17-13(8-10)15(20)18-12-4-2-11(3-5-12)9-14(16)19/h2-5,10,13,17H,6-9H2,1H3,(H2,16,19)(H,18,20). The molecule has 0 radical (unpaired) electrons. The number of carbonyl (C=O) groups excluding carboxylic acids is 2. The van der Waals surface area contributed by atoms with E-state index in [9.17, 15) is 9.59 Å². The second-order valence-electron chi connectivity index (χ2n) is 5.47. The van der Waals surface area contributed by atoms with Crippen LogP contribution >= 0.6 is 0 Å². The van der Waals surface area contributed by atoms with Crippen LogP contribution in [0.4, 0.5) is 5.69 Å². The van der Waals surface area contributed by atoms with Crippen LogP contribution in [0.25, 0.3) is 0 Å². The van der Waals surface area contributed by atoms with E-state index >= 15 is 0 Å². The van der Waals surface area contributed by atoms with Crippen molar-refractivity contribution in [2.24, 2.45) is 11.7 Å². The molecule has 2 unspecified atom stereocenters. The first kappa shape index (κ1) is 14.5. The number of hydrogen-bond donors (Lipinski definition) is 3. The van der Waals surface area contributed by atoms with Crippen LogP contribution in [0.5, 0.6) is 0 Å². The number of rotatable bonds is 4. The third kappa shape index (κ3) is 4.06. The molecule has 1 aliphatic heterocycles. The predicted octanol–water partition coefficient (Wildman–Crippen LogP) is 1.04. The summed E-state index contributed by atoms with van der Waals surface area (Å²) in [7, 11) is 0. The molecule has 1 aromatic rings. The fraction of sp³-hybridized carbons (Fsp3) is 0.467. The van der Waals surface area contributed by atoms with E-state index in [-0.39, 0.29) is 24.3 Å². The number of hydrogen-bond acceptors (Lipinski definition) is 3. The van der Waals surface area contributed by atoms with Gasteiger partial charge in [0.15, 0.2) is 0 Å². The van der Waals surface area contributed by atoms with Crippen LogP contribution in [0.1, 0.15) is 25.3 Å². The molecule has 4 N–H and O–H groups in total. The van der Waals surface area contributed by atoms with E-state index in [0.717, 1.165) is 30.6 Å². The zero-order chi connectivity index (χ0) is 14.5. The summed E-state index contributed by atoms with van der Waals surface area (Å²) in [5.41, 5.74) is 6.72. The van der Waals surface area contributed by atoms with Gasteiger partial charge in [-0.2, -0.15) is 0 Å². The van der Waals surface area contributed by atoms with E-state index in [1.807, 2.05) is 0 Å². The number of nitrogens with two attached hydrogens (primary N) is 1. The fourth-order valence-electron chi connectivity index (χ4n) is 2.44. The Morgan fingerprint density at radius 1 is 1.35 bits per heavy atom. The molecule has 1 saturated heterocycles. The summed E-state index contributed by atoms with van der Waals surface area (Å²) in [5.74, 6) is 0.214. The van der Waals surface area contributed by atoms with E-state index < -0.39 is 0 Å². The molecule has 1 heterocycles. The monoisotopic (exact) mass is 275 g/mol. The maximum atomic E-state index is 12.1. The predicted molar refractivity (Wildman–Crippen MR) is 78.2 cm³/mol. The van der Waals surface area contributed by atoms with Gasteiger partial charge in [0.1, 0.15) is 0 Å². The highest BCUT2D eigenvalue weighted by atomic mass is 16.2. The van der Waals surface area contributed by atoms with Crippen LogP contribution in [-0.2, 0) is 16.0 Å². The Labute approximate surface area is 118 Å². The van der Waals surface area contributed by atoms with E-state index in [1.54, 1.807) is 24.3 Å². The normalized spacial score (nSPS) is 22.2. The van der Waals surface area contributed by atoms with Gasteiger partial charge in [0, 0.05) is 5.69 Å². The second kappa shape index (κ2) is 6.52. The van der Waals surface area contributed by atoms with Crippen molar-refractivity contribution in [3.8, 4) is 0 Å². The van der Waals surface area contributed by atoms with Gasteiger partial charge in [-0.25, -0.2) is 0 Å². The Kier molecular flexibility index (Phi) is 4.74. The molecule has 0 bridgehead atoms. The highest BCUT2D eigenvalue weighted by Crippen LogP contribution is 2.17. The molecule has 5 heteroatoms. The van der Waals surface area contributed by atoms with Gasteiger partial charge in [-0.05, 0) is 43.0 Å². The van der Waals surface area contributed by atoms with Crippen molar-refractivity contribution in [2.75, 3.05) is 11.9 Å². The molecule has 1 aromatic carbocycles. The number of carbonyl (C=O) groups is 2. The van der Waals surface area contributed by atoms with E-state index in [0.29, 0.717) is 5.92 Å². The first-order valence-corrected chi connectivity index (χ1v) is 6.96. The minimum Gasteiger partial charge on any atom is -0.369 e. The number of primary amides is 1. The zero-order valence-corrected chi connectivity index (χ0v) is 11.7. The van der Waals surface area contributed by atoms with Gasteiger partial charge in [0.25, 0.3) is 0 Å². The van der Waals surface area contributed by atoms with Crippen LogP contribution in [-0.4, -0.2) is 24.4 Å². The minimum absolute atomic E-state index is 0.000740. The third-order valence-electron chi connectivity index (χ3n) is 3.58. The molecule has 0 aromatic heterocycles. The minimum atomic E-state index is -0.359. The highest BCUT2D eigenvalue weighted by Gasteiger charge is 2.24. The lowest BCUT2D eigenvalue weighted by molar-refractivity contribution is -0.119. The summed E-state index contributed by atoms with van der Waals surface area (Å²) >= 11 is 0. The molecular weight excluding hydrogens is 254 g/mol. The van der Waals surface area contributed by atoms with Gasteiger partial charge >= 0.3 is 0 Å². The van der Waals surface area contributed by atoms with Crippen LogP contribution < -0.4 is 16.4 Å².